The summed E-state index contributed by atoms with van der Waals surface area (Å²) in [5, 5.41) is 21.9. The van der Waals surface area contributed by atoms with Crippen LogP contribution in [0.1, 0.15) is 18.4 Å². The summed E-state index contributed by atoms with van der Waals surface area (Å²) in [5.74, 6) is -3.06. The molecule has 0 aromatic heterocycles. The topological polar surface area (TPSA) is 110 Å². The molecular formula is C16H13NO6S2-2. The Labute approximate surface area is 153 Å². The number of carboxylic acid groups (broad SMARTS) is 2. The number of aliphatic carboxylic acids is 2. The number of ether oxygens (including phenoxy) is 1. The number of methoxy groups -OCH3 is 1. The fourth-order valence-corrected chi connectivity index (χ4v) is 3.63. The zero-order chi connectivity index (χ0) is 18.6. The van der Waals surface area contributed by atoms with Crippen molar-refractivity contribution in [2.75, 3.05) is 7.11 Å². The summed E-state index contributed by atoms with van der Waals surface area (Å²) in [6.45, 7) is 0. The summed E-state index contributed by atoms with van der Waals surface area (Å²) in [4.78, 5) is 35.6. The van der Waals surface area contributed by atoms with E-state index in [1.54, 1.807) is 30.3 Å². The number of carbonyl (C=O) groups is 3. The van der Waals surface area contributed by atoms with Crippen LogP contribution in [0.2, 0.25) is 0 Å². The molecule has 9 heteroatoms. The van der Waals surface area contributed by atoms with Gasteiger partial charge in [-0.05, 0) is 25.0 Å². The Morgan fingerprint density at radius 2 is 2.04 bits per heavy atom. The first kappa shape index (κ1) is 18.9. The lowest BCUT2D eigenvalue weighted by Crippen LogP contribution is -2.50. The summed E-state index contributed by atoms with van der Waals surface area (Å²) in [6.07, 6.45) is 0.670. The molecule has 1 amide bonds. The minimum atomic E-state index is -1.57. The van der Waals surface area contributed by atoms with Crippen LogP contribution in [0.4, 0.5) is 0 Å². The molecule has 1 heterocycles. The summed E-state index contributed by atoms with van der Waals surface area (Å²) in [6, 6.07) is 5.52. The van der Waals surface area contributed by atoms with Crippen molar-refractivity contribution in [1.82, 2.24) is 4.90 Å². The SMILES string of the molecule is COc1ccccc1/C=C1\SC(=S)N([C@H](CCC(=O)[O-])C(=O)[O-])C1=O. The van der Waals surface area contributed by atoms with E-state index < -0.39 is 30.3 Å². The van der Waals surface area contributed by atoms with E-state index in [1.807, 2.05) is 0 Å². The van der Waals surface area contributed by atoms with Crippen LogP contribution >= 0.6 is 24.0 Å². The smallest absolute Gasteiger partial charge is 0.266 e. The third kappa shape index (κ3) is 4.37. The Morgan fingerprint density at radius 1 is 1.36 bits per heavy atom. The van der Waals surface area contributed by atoms with Gasteiger partial charge in [-0.25, -0.2) is 0 Å². The number of hydrogen-bond acceptors (Lipinski definition) is 8. The van der Waals surface area contributed by atoms with Crippen LogP contribution < -0.4 is 14.9 Å². The minimum absolute atomic E-state index is 0.0266. The van der Waals surface area contributed by atoms with Crippen LogP contribution in [0, 0.1) is 0 Å². The molecule has 1 aromatic carbocycles. The van der Waals surface area contributed by atoms with E-state index in [1.165, 1.54) is 7.11 Å². The molecule has 0 N–H and O–H groups in total. The van der Waals surface area contributed by atoms with Gasteiger partial charge in [0.1, 0.15) is 10.1 Å². The van der Waals surface area contributed by atoms with Crippen LogP contribution in [-0.2, 0) is 14.4 Å². The lowest BCUT2D eigenvalue weighted by atomic mass is 10.1. The first-order valence-electron chi connectivity index (χ1n) is 7.16. The number of thioether (sulfide) groups is 1. The number of benzene rings is 1. The molecule has 7 nitrogen and oxygen atoms in total. The van der Waals surface area contributed by atoms with Gasteiger partial charge in [0.15, 0.2) is 0 Å². The molecule has 0 saturated carbocycles. The molecule has 1 aromatic rings. The van der Waals surface area contributed by atoms with Gasteiger partial charge in [-0.3, -0.25) is 9.69 Å². The quantitative estimate of drug-likeness (QED) is 0.463. The average molecular weight is 379 g/mol. The second-order valence-corrected chi connectivity index (χ2v) is 6.71. The number of amides is 1. The Bertz CT molecular complexity index is 761. The van der Waals surface area contributed by atoms with Gasteiger partial charge in [0, 0.05) is 11.5 Å². The lowest BCUT2D eigenvalue weighted by molar-refractivity contribution is -0.311. The largest absolute Gasteiger partial charge is 0.550 e. The third-order valence-electron chi connectivity index (χ3n) is 3.45. The monoisotopic (exact) mass is 379 g/mol. The van der Waals surface area contributed by atoms with Crippen molar-refractivity contribution in [1.29, 1.82) is 0 Å². The second kappa shape index (κ2) is 8.13. The first-order chi connectivity index (χ1) is 11.8. The van der Waals surface area contributed by atoms with E-state index >= 15 is 0 Å². The Balaban J connectivity index is 2.30. The number of carboxylic acids is 2. The summed E-state index contributed by atoms with van der Waals surface area (Å²) < 4.78 is 5.23. The van der Waals surface area contributed by atoms with Crippen molar-refractivity contribution in [3.63, 3.8) is 0 Å². The van der Waals surface area contributed by atoms with Crippen molar-refractivity contribution in [3.8, 4) is 5.75 Å². The van der Waals surface area contributed by atoms with E-state index in [0.717, 1.165) is 16.7 Å². The fourth-order valence-electron chi connectivity index (χ4n) is 2.28. The molecule has 2 rings (SSSR count). The molecule has 0 radical (unpaired) electrons. The predicted molar refractivity (Wildman–Crippen MR) is 91.0 cm³/mol. The zero-order valence-corrected chi connectivity index (χ0v) is 14.7. The maximum absolute atomic E-state index is 12.6. The fraction of sp³-hybridized carbons (Fsp3) is 0.250. The maximum atomic E-state index is 12.6. The van der Waals surface area contributed by atoms with Gasteiger partial charge in [-0.1, -0.05) is 42.2 Å². The van der Waals surface area contributed by atoms with Crippen LogP contribution in [0.25, 0.3) is 6.08 Å². The Kier molecular flexibility index (Phi) is 6.16. The first-order valence-corrected chi connectivity index (χ1v) is 8.38. The van der Waals surface area contributed by atoms with Gasteiger partial charge in [-0.15, -0.1) is 0 Å². The van der Waals surface area contributed by atoms with E-state index in [4.69, 9.17) is 17.0 Å². The van der Waals surface area contributed by atoms with Gasteiger partial charge in [0.25, 0.3) is 5.91 Å². The van der Waals surface area contributed by atoms with Crippen molar-refractivity contribution in [3.05, 3.63) is 34.7 Å². The molecule has 0 bridgehead atoms. The van der Waals surface area contributed by atoms with Crippen molar-refractivity contribution < 1.29 is 29.3 Å². The van der Waals surface area contributed by atoms with Crippen LogP contribution in [0.15, 0.2) is 29.2 Å². The molecule has 1 fully saturated rings. The Hall–Kier alpha value is -2.39. The third-order valence-corrected chi connectivity index (χ3v) is 4.79. The van der Waals surface area contributed by atoms with E-state index in [0.29, 0.717) is 11.3 Å². The number of rotatable bonds is 7. The Morgan fingerprint density at radius 3 is 2.64 bits per heavy atom. The molecular weight excluding hydrogens is 366 g/mol. The maximum Gasteiger partial charge on any atom is 0.266 e. The molecule has 1 aliphatic heterocycles. The van der Waals surface area contributed by atoms with Gasteiger partial charge in [0.2, 0.25) is 0 Å². The summed E-state index contributed by atoms with van der Waals surface area (Å²) in [7, 11) is 1.49. The predicted octanol–water partition coefficient (Wildman–Crippen LogP) is -0.455. The normalized spacial score (nSPS) is 17.0. The molecule has 1 aliphatic rings. The highest BCUT2D eigenvalue weighted by molar-refractivity contribution is 8.26. The lowest BCUT2D eigenvalue weighted by Gasteiger charge is -2.27. The number of hydrogen-bond donors (Lipinski definition) is 0. The number of nitrogens with zero attached hydrogens (tertiary/aromatic N) is 1. The van der Waals surface area contributed by atoms with Gasteiger partial charge < -0.3 is 24.5 Å². The van der Waals surface area contributed by atoms with E-state index in [2.05, 4.69) is 0 Å². The number of para-hydroxylation sites is 1. The van der Waals surface area contributed by atoms with E-state index in [9.17, 15) is 24.6 Å². The van der Waals surface area contributed by atoms with Crippen LogP contribution in [-0.4, -0.2) is 40.2 Å². The average Bonchev–Trinajstić information content (AvgIpc) is 2.82. The molecule has 1 saturated heterocycles. The summed E-state index contributed by atoms with van der Waals surface area (Å²) >= 11 is 6.02. The van der Waals surface area contributed by atoms with Crippen LogP contribution in [0.3, 0.4) is 0 Å². The minimum Gasteiger partial charge on any atom is -0.550 e. The standard InChI is InChI=1S/C16H15NO6S2/c1-23-11-5-3-2-4-9(11)8-12-14(20)17(16(24)25-12)10(15(21)22)6-7-13(18)19/h2-5,8,10H,6-7H2,1H3,(H,18,19)(H,21,22)/p-2/b12-8-/t10-/m1/s1. The highest BCUT2D eigenvalue weighted by atomic mass is 32.2. The molecule has 0 spiro atoms. The van der Waals surface area contributed by atoms with E-state index in [-0.39, 0.29) is 15.6 Å². The van der Waals surface area contributed by atoms with Crippen molar-refractivity contribution in [2.24, 2.45) is 0 Å². The van der Waals surface area contributed by atoms with Crippen LogP contribution in [0.5, 0.6) is 5.75 Å². The highest BCUT2D eigenvalue weighted by Crippen LogP contribution is 2.36. The molecule has 1 atom stereocenters. The molecule has 25 heavy (non-hydrogen) atoms. The van der Waals surface area contributed by atoms with Crippen molar-refractivity contribution >= 4 is 52.2 Å². The molecule has 0 unspecified atom stereocenters. The summed E-state index contributed by atoms with van der Waals surface area (Å²) in [5.41, 5.74) is 0.630. The van der Waals surface area contributed by atoms with Gasteiger partial charge in [-0.2, -0.15) is 0 Å². The highest BCUT2D eigenvalue weighted by Gasteiger charge is 2.37. The number of thiocarbonyl (C=S) groups is 1. The zero-order valence-electron chi connectivity index (χ0n) is 13.1. The second-order valence-electron chi connectivity index (χ2n) is 5.04. The van der Waals surface area contributed by atoms with Gasteiger partial charge in [0.05, 0.1) is 24.0 Å². The molecule has 0 aliphatic carbocycles. The van der Waals surface area contributed by atoms with Crippen molar-refractivity contribution in [2.45, 2.75) is 18.9 Å². The van der Waals surface area contributed by atoms with Gasteiger partial charge >= 0.3 is 0 Å². The number of carbonyl (C=O) groups excluding carboxylic acids is 3. The molecule has 132 valence electrons.